The van der Waals surface area contributed by atoms with Crippen molar-refractivity contribution in [2.75, 3.05) is 26.1 Å². The van der Waals surface area contributed by atoms with E-state index in [1.54, 1.807) is 14.2 Å². The molecular weight excluding hydrogens is 250 g/mol. The second-order valence-corrected chi connectivity index (χ2v) is 4.26. The predicted octanol–water partition coefficient (Wildman–Crippen LogP) is 3.83. The Morgan fingerprint density at radius 3 is 2.40 bits per heavy atom. The van der Waals surface area contributed by atoms with E-state index in [2.05, 4.69) is 29.6 Å². The van der Waals surface area contributed by atoms with Crippen LogP contribution >= 0.6 is 0 Å². The van der Waals surface area contributed by atoms with Crippen molar-refractivity contribution in [2.24, 2.45) is 0 Å². The molecule has 0 saturated heterocycles. The normalized spacial score (nSPS) is 10.5. The van der Waals surface area contributed by atoms with Gasteiger partial charge in [-0.2, -0.15) is 0 Å². The Labute approximate surface area is 119 Å². The maximum Gasteiger partial charge on any atom is 0.162 e. The van der Waals surface area contributed by atoms with Crippen LogP contribution in [0, 0.1) is 0 Å². The first-order chi connectivity index (χ1) is 9.83. The Bertz CT molecular complexity index is 564. The van der Waals surface area contributed by atoms with Gasteiger partial charge in [0, 0.05) is 18.3 Å². The van der Waals surface area contributed by atoms with Crippen LogP contribution in [0.15, 0.2) is 54.6 Å². The predicted molar refractivity (Wildman–Crippen MR) is 83.5 cm³/mol. The summed E-state index contributed by atoms with van der Waals surface area (Å²) in [4.78, 5) is 0. The van der Waals surface area contributed by atoms with Crippen LogP contribution in [0.25, 0.3) is 6.08 Å². The molecule has 2 aromatic rings. The third kappa shape index (κ3) is 3.79. The molecule has 2 rings (SSSR count). The van der Waals surface area contributed by atoms with Gasteiger partial charge < -0.3 is 14.8 Å². The molecule has 3 heteroatoms. The SMILES string of the molecule is COc1ccc(NCC=Cc2ccccc2)cc1OC. The molecule has 0 saturated carbocycles. The highest BCUT2D eigenvalue weighted by molar-refractivity contribution is 5.56. The van der Waals surface area contributed by atoms with Gasteiger partial charge in [-0.3, -0.25) is 0 Å². The summed E-state index contributed by atoms with van der Waals surface area (Å²) in [5, 5.41) is 3.32. The van der Waals surface area contributed by atoms with Crippen LogP contribution < -0.4 is 14.8 Å². The number of methoxy groups -OCH3 is 2. The first-order valence-electron chi connectivity index (χ1n) is 6.51. The average molecular weight is 269 g/mol. The van der Waals surface area contributed by atoms with Crippen LogP contribution in [0.4, 0.5) is 5.69 Å². The van der Waals surface area contributed by atoms with Crippen LogP contribution in [-0.2, 0) is 0 Å². The monoisotopic (exact) mass is 269 g/mol. The molecule has 0 bridgehead atoms. The smallest absolute Gasteiger partial charge is 0.162 e. The van der Waals surface area contributed by atoms with Crippen molar-refractivity contribution in [1.29, 1.82) is 0 Å². The molecule has 0 amide bonds. The van der Waals surface area contributed by atoms with E-state index in [1.807, 2.05) is 36.4 Å². The quantitative estimate of drug-likeness (QED) is 0.864. The summed E-state index contributed by atoms with van der Waals surface area (Å²) in [7, 11) is 3.27. The van der Waals surface area contributed by atoms with Crippen molar-refractivity contribution in [3.05, 3.63) is 60.2 Å². The third-order valence-electron chi connectivity index (χ3n) is 2.92. The molecule has 0 aliphatic carbocycles. The van der Waals surface area contributed by atoms with E-state index >= 15 is 0 Å². The molecule has 3 nitrogen and oxygen atoms in total. The van der Waals surface area contributed by atoms with Crippen molar-refractivity contribution >= 4 is 11.8 Å². The first-order valence-corrected chi connectivity index (χ1v) is 6.51. The van der Waals surface area contributed by atoms with Gasteiger partial charge in [-0.15, -0.1) is 0 Å². The Morgan fingerprint density at radius 2 is 1.70 bits per heavy atom. The van der Waals surface area contributed by atoms with Crippen molar-refractivity contribution < 1.29 is 9.47 Å². The molecule has 104 valence electrons. The fraction of sp³-hybridized carbons (Fsp3) is 0.176. The van der Waals surface area contributed by atoms with E-state index in [0.717, 1.165) is 23.7 Å². The van der Waals surface area contributed by atoms with E-state index in [0.29, 0.717) is 0 Å². The van der Waals surface area contributed by atoms with Crippen molar-refractivity contribution in [3.8, 4) is 11.5 Å². The molecule has 0 aliphatic heterocycles. The minimum Gasteiger partial charge on any atom is -0.493 e. The van der Waals surface area contributed by atoms with E-state index in [4.69, 9.17) is 9.47 Å². The molecule has 0 unspecified atom stereocenters. The fourth-order valence-corrected chi connectivity index (χ4v) is 1.88. The zero-order valence-electron chi connectivity index (χ0n) is 11.8. The van der Waals surface area contributed by atoms with Gasteiger partial charge in [0.25, 0.3) is 0 Å². The van der Waals surface area contributed by atoms with Gasteiger partial charge >= 0.3 is 0 Å². The van der Waals surface area contributed by atoms with E-state index in [1.165, 1.54) is 5.56 Å². The van der Waals surface area contributed by atoms with Gasteiger partial charge in [-0.25, -0.2) is 0 Å². The maximum absolute atomic E-state index is 5.27. The number of rotatable bonds is 6. The molecule has 0 fully saturated rings. The Balaban J connectivity index is 1.93. The summed E-state index contributed by atoms with van der Waals surface area (Å²) in [6.45, 7) is 0.754. The highest BCUT2D eigenvalue weighted by atomic mass is 16.5. The summed E-state index contributed by atoms with van der Waals surface area (Å²) in [6, 6.07) is 16.0. The second-order valence-electron chi connectivity index (χ2n) is 4.26. The van der Waals surface area contributed by atoms with Gasteiger partial charge in [0.2, 0.25) is 0 Å². The summed E-state index contributed by atoms with van der Waals surface area (Å²) in [5.74, 6) is 1.46. The fourth-order valence-electron chi connectivity index (χ4n) is 1.88. The molecule has 1 N–H and O–H groups in total. The lowest BCUT2D eigenvalue weighted by atomic mass is 10.2. The van der Waals surface area contributed by atoms with Crippen LogP contribution in [0.1, 0.15) is 5.56 Å². The first kappa shape index (κ1) is 14.0. The van der Waals surface area contributed by atoms with Crippen LogP contribution in [0.5, 0.6) is 11.5 Å². The lowest BCUT2D eigenvalue weighted by Gasteiger charge is -2.10. The van der Waals surface area contributed by atoms with Crippen LogP contribution in [-0.4, -0.2) is 20.8 Å². The largest absolute Gasteiger partial charge is 0.493 e. The second kappa shape index (κ2) is 7.24. The molecule has 2 aromatic carbocycles. The molecule has 20 heavy (non-hydrogen) atoms. The third-order valence-corrected chi connectivity index (χ3v) is 2.92. The lowest BCUT2D eigenvalue weighted by Crippen LogP contribution is -1.99. The summed E-state index contributed by atoms with van der Waals surface area (Å²) in [6.07, 6.45) is 4.18. The van der Waals surface area contributed by atoms with Gasteiger partial charge in [0.1, 0.15) is 0 Å². The van der Waals surface area contributed by atoms with Gasteiger partial charge in [0.05, 0.1) is 14.2 Å². The number of ether oxygens (including phenoxy) is 2. The summed E-state index contributed by atoms with van der Waals surface area (Å²) in [5.41, 5.74) is 2.20. The van der Waals surface area contributed by atoms with E-state index in [-0.39, 0.29) is 0 Å². The van der Waals surface area contributed by atoms with E-state index < -0.39 is 0 Å². The lowest BCUT2D eigenvalue weighted by molar-refractivity contribution is 0.355. The Kier molecular flexibility index (Phi) is 5.07. The highest BCUT2D eigenvalue weighted by Gasteiger charge is 2.03. The van der Waals surface area contributed by atoms with Gasteiger partial charge in [-0.05, 0) is 17.7 Å². The standard InChI is InChI=1S/C17H19NO2/c1-19-16-11-10-15(13-17(16)20-2)18-12-6-9-14-7-4-3-5-8-14/h3-11,13,18H,12H2,1-2H3. The zero-order valence-corrected chi connectivity index (χ0v) is 11.8. The zero-order chi connectivity index (χ0) is 14.2. The topological polar surface area (TPSA) is 30.5 Å². The molecule has 0 spiro atoms. The van der Waals surface area contributed by atoms with Crippen molar-refractivity contribution in [1.82, 2.24) is 0 Å². The number of nitrogens with one attached hydrogen (secondary N) is 1. The minimum atomic E-state index is 0.726. The van der Waals surface area contributed by atoms with Crippen LogP contribution in [0.2, 0.25) is 0 Å². The Morgan fingerprint density at radius 1 is 0.950 bits per heavy atom. The summed E-state index contributed by atoms with van der Waals surface area (Å²) < 4.78 is 10.5. The molecule has 0 atom stereocenters. The van der Waals surface area contributed by atoms with E-state index in [9.17, 15) is 0 Å². The number of anilines is 1. The highest BCUT2D eigenvalue weighted by Crippen LogP contribution is 2.29. The van der Waals surface area contributed by atoms with Crippen molar-refractivity contribution in [2.45, 2.75) is 0 Å². The average Bonchev–Trinajstić information content (AvgIpc) is 2.52. The Hall–Kier alpha value is -2.42. The molecule has 0 heterocycles. The maximum atomic E-state index is 5.27. The molecule has 0 radical (unpaired) electrons. The number of benzene rings is 2. The number of hydrogen-bond acceptors (Lipinski definition) is 3. The van der Waals surface area contributed by atoms with Crippen LogP contribution in [0.3, 0.4) is 0 Å². The number of hydrogen-bond donors (Lipinski definition) is 1. The van der Waals surface area contributed by atoms with Crippen molar-refractivity contribution in [3.63, 3.8) is 0 Å². The summed E-state index contributed by atoms with van der Waals surface area (Å²) >= 11 is 0. The van der Waals surface area contributed by atoms with Gasteiger partial charge in [0.15, 0.2) is 11.5 Å². The molecule has 0 aromatic heterocycles. The van der Waals surface area contributed by atoms with Gasteiger partial charge in [-0.1, -0.05) is 42.5 Å². The molecular formula is C17H19NO2. The minimum absolute atomic E-state index is 0.726. The molecule has 0 aliphatic rings.